The molecule has 1 aromatic heterocycles. The van der Waals surface area contributed by atoms with Gasteiger partial charge < -0.3 is 9.47 Å². The van der Waals surface area contributed by atoms with Gasteiger partial charge in [-0.1, -0.05) is 23.7 Å². The molecule has 3 aromatic rings. The van der Waals surface area contributed by atoms with Gasteiger partial charge in [0.15, 0.2) is 0 Å². The number of aromatic nitrogens is 2. The monoisotopic (exact) mass is 396 g/mol. The number of hydrogen-bond donors (Lipinski definition) is 0. The maximum absolute atomic E-state index is 12.3. The fourth-order valence-electron chi connectivity index (χ4n) is 2.76. The molecule has 144 valence electrons. The summed E-state index contributed by atoms with van der Waals surface area (Å²) in [7, 11) is 3.36. The number of ketones is 1. The molecule has 0 radical (unpaired) electrons. The molecule has 0 bridgehead atoms. The summed E-state index contributed by atoms with van der Waals surface area (Å²) in [5.74, 6) is 1.35. The van der Waals surface area contributed by atoms with E-state index in [2.05, 4.69) is 5.10 Å². The van der Waals surface area contributed by atoms with Crippen molar-refractivity contribution in [2.75, 3.05) is 7.11 Å². The first-order valence-electron chi connectivity index (χ1n) is 8.74. The topological polar surface area (TPSA) is 53.3 Å². The van der Waals surface area contributed by atoms with Crippen LogP contribution in [-0.4, -0.2) is 22.7 Å². The van der Waals surface area contributed by atoms with Crippen LogP contribution in [-0.2, 0) is 13.7 Å². The van der Waals surface area contributed by atoms with Crippen molar-refractivity contribution in [3.05, 3.63) is 82.1 Å². The van der Waals surface area contributed by atoms with Gasteiger partial charge in [0.2, 0.25) is 5.78 Å². The molecule has 2 aromatic carbocycles. The highest BCUT2D eigenvalue weighted by Gasteiger charge is 2.08. The van der Waals surface area contributed by atoms with Crippen molar-refractivity contribution in [2.24, 2.45) is 7.05 Å². The van der Waals surface area contributed by atoms with Crippen LogP contribution in [0.25, 0.3) is 6.08 Å². The molecule has 0 amide bonds. The van der Waals surface area contributed by atoms with Gasteiger partial charge in [-0.2, -0.15) is 5.10 Å². The quantitative estimate of drug-likeness (QED) is 0.422. The number of hydrogen-bond acceptors (Lipinski definition) is 4. The van der Waals surface area contributed by atoms with Crippen molar-refractivity contribution in [1.29, 1.82) is 0 Å². The van der Waals surface area contributed by atoms with Crippen LogP contribution < -0.4 is 9.47 Å². The average Bonchev–Trinajstić information content (AvgIpc) is 3.13. The average molecular weight is 397 g/mol. The Kier molecular flexibility index (Phi) is 6.16. The molecule has 6 heteroatoms. The SMILES string of the molecule is COc1ccc(/C=C/C(=O)c2ccnn2C)cc1COc1ccc(Cl)c(C)c1. The minimum atomic E-state index is -0.106. The molecular formula is C22H21ClN2O3. The summed E-state index contributed by atoms with van der Waals surface area (Å²) in [6.45, 7) is 2.27. The summed E-state index contributed by atoms with van der Waals surface area (Å²) in [6, 6.07) is 12.9. The summed E-state index contributed by atoms with van der Waals surface area (Å²) < 4.78 is 12.9. The van der Waals surface area contributed by atoms with Gasteiger partial charge in [-0.25, -0.2) is 0 Å². The van der Waals surface area contributed by atoms with E-state index in [0.29, 0.717) is 17.3 Å². The van der Waals surface area contributed by atoms with Crippen molar-refractivity contribution in [3.8, 4) is 11.5 Å². The lowest BCUT2D eigenvalue weighted by molar-refractivity contribution is 0.103. The third kappa shape index (κ3) is 4.61. The third-order valence-corrected chi connectivity index (χ3v) is 4.75. The van der Waals surface area contributed by atoms with E-state index in [-0.39, 0.29) is 5.78 Å². The molecule has 5 nitrogen and oxygen atoms in total. The standard InChI is InChI=1S/C22H21ClN2O3/c1-15-12-18(6-7-19(15)23)28-14-17-13-16(5-9-22(17)27-3)4-8-21(26)20-10-11-24-25(20)2/h4-13H,14H2,1-3H3/b8-4+. The molecule has 1 heterocycles. The van der Waals surface area contributed by atoms with Crippen molar-refractivity contribution in [2.45, 2.75) is 13.5 Å². The predicted octanol–water partition coefficient (Wildman–Crippen LogP) is 4.87. The van der Waals surface area contributed by atoms with Crippen LogP contribution in [0.2, 0.25) is 5.02 Å². The zero-order valence-electron chi connectivity index (χ0n) is 16.0. The van der Waals surface area contributed by atoms with Crippen LogP contribution >= 0.6 is 11.6 Å². The molecule has 0 saturated heterocycles. The van der Waals surface area contributed by atoms with Crippen molar-refractivity contribution in [1.82, 2.24) is 9.78 Å². The van der Waals surface area contributed by atoms with Crippen LogP contribution in [0, 0.1) is 6.92 Å². The zero-order valence-corrected chi connectivity index (χ0v) is 16.7. The molecule has 28 heavy (non-hydrogen) atoms. The number of methoxy groups -OCH3 is 1. The van der Waals surface area contributed by atoms with E-state index in [4.69, 9.17) is 21.1 Å². The van der Waals surface area contributed by atoms with Crippen LogP contribution in [0.3, 0.4) is 0 Å². The Morgan fingerprint density at radius 1 is 1.21 bits per heavy atom. The van der Waals surface area contributed by atoms with Gasteiger partial charge >= 0.3 is 0 Å². The minimum Gasteiger partial charge on any atom is -0.496 e. The molecule has 0 fully saturated rings. The van der Waals surface area contributed by atoms with Crippen molar-refractivity contribution in [3.63, 3.8) is 0 Å². The maximum Gasteiger partial charge on any atom is 0.203 e. The van der Waals surface area contributed by atoms with Gasteiger partial charge in [-0.05, 0) is 60.5 Å². The Balaban J connectivity index is 1.75. The first-order valence-corrected chi connectivity index (χ1v) is 9.12. The van der Waals surface area contributed by atoms with E-state index in [1.165, 1.54) is 6.08 Å². The highest BCUT2D eigenvalue weighted by atomic mass is 35.5. The first kappa shape index (κ1) is 19.7. The van der Waals surface area contributed by atoms with E-state index in [1.54, 1.807) is 37.2 Å². The Morgan fingerprint density at radius 2 is 2.04 bits per heavy atom. The smallest absolute Gasteiger partial charge is 0.203 e. The van der Waals surface area contributed by atoms with Gasteiger partial charge in [-0.3, -0.25) is 9.48 Å². The van der Waals surface area contributed by atoms with Gasteiger partial charge in [0, 0.05) is 23.8 Å². The second kappa shape index (κ2) is 8.76. The molecule has 3 rings (SSSR count). The number of ether oxygens (including phenoxy) is 2. The van der Waals surface area contributed by atoms with Crippen molar-refractivity contribution < 1.29 is 14.3 Å². The molecule has 0 unspecified atom stereocenters. The molecule has 0 atom stereocenters. The number of nitrogens with zero attached hydrogens (tertiary/aromatic N) is 2. The largest absolute Gasteiger partial charge is 0.496 e. The zero-order chi connectivity index (χ0) is 20.1. The van der Waals surface area contributed by atoms with Gasteiger partial charge in [-0.15, -0.1) is 0 Å². The second-order valence-corrected chi connectivity index (χ2v) is 6.72. The highest BCUT2D eigenvalue weighted by molar-refractivity contribution is 6.31. The molecule has 0 aliphatic heterocycles. The Labute approximate surface area is 169 Å². The fraction of sp³-hybridized carbons (Fsp3) is 0.182. The number of aryl methyl sites for hydroxylation is 2. The van der Waals surface area contributed by atoms with E-state index in [0.717, 1.165) is 28.2 Å². The fourth-order valence-corrected chi connectivity index (χ4v) is 2.87. The highest BCUT2D eigenvalue weighted by Crippen LogP contribution is 2.25. The van der Waals surface area contributed by atoms with E-state index in [9.17, 15) is 4.79 Å². The Hall–Kier alpha value is -3.05. The Bertz CT molecular complexity index is 1020. The molecule has 0 N–H and O–H groups in total. The number of carbonyl (C=O) groups excluding carboxylic acids is 1. The lowest BCUT2D eigenvalue weighted by Crippen LogP contribution is -2.03. The lowest BCUT2D eigenvalue weighted by Gasteiger charge is -2.12. The number of rotatable bonds is 7. The van der Waals surface area contributed by atoms with Crippen LogP contribution in [0.15, 0.2) is 54.7 Å². The lowest BCUT2D eigenvalue weighted by atomic mass is 10.1. The maximum atomic E-state index is 12.3. The predicted molar refractivity (Wildman–Crippen MR) is 110 cm³/mol. The van der Waals surface area contributed by atoms with Crippen LogP contribution in [0.1, 0.15) is 27.2 Å². The summed E-state index contributed by atoms with van der Waals surface area (Å²) in [5.41, 5.74) is 3.25. The molecule has 0 saturated carbocycles. The molecule has 0 spiro atoms. The van der Waals surface area contributed by atoms with Gasteiger partial charge in [0.1, 0.15) is 23.8 Å². The second-order valence-electron chi connectivity index (χ2n) is 6.31. The number of allylic oxidation sites excluding steroid dienone is 1. The van der Waals surface area contributed by atoms with E-state index >= 15 is 0 Å². The van der Waals surface area contributed by atoms with E-state index < -0.39 is 0 Å². The summed E-state index contributed by atoms with van der Waals surface area (Å²) in [6.07, 6.45) is 4.90. The summed E-state index contributed by atoms with van der Waals surface area (Å²) >= 11 is 6.06. The van der Waals surface area contributed by atoms with Crippen LogP contribution in [0.4, 0.5) is 0 Å². The van der Waals surface area contributed by atoms with Gasteiger partial charge in [0.05, 0.1) is 7.11 Å². The van der Waals surface area contributed by atoms with Crippen LogP contribution in [0.5, 0.6) is 11.5 Å². The van der Waals surface area contributed by atoms with E-state index in [1.807, 2.05) is 43.3 Å². The minimum absolute atomic E-state index is 0.106. The van der Waals surface area contributed by atoms with Gasteiger partial charge in [0.25, 0.3) is 0 Å². The third-order valence-electron chi connectivity index (χ3n) is 4.33. The Morgan fingerprint density at radius 3 is 2.71 bits per heavy atom. The summed E-state index contributed by atoms with van der Waals surface area (Å²) in [4.78, 5) is 12.3. The first-order chi connectivity index (χ1) is 13.5. The summed E-state index contributed by atoms with van der Waals surface area (Å²) in [5, 5.41) is 4.72. The number of carbonyl (C=O) groups is 1. The van der Waals surface area contributed by atoms with Crippen molar-refractivity contribution >= 4 is 23.5 Å². The number of halogens is 1. The number of benzene rings is 2. The molecule has 0 aliphatic carbocycles. The normalized spacial score (nSPS) is 11.0. The molecule has 0 aliphatic rings. The molecular weight excluding hydrogens is 376 g/mol.